The summed E-state index contributed by atoms with van der Waals surface area (Å²) in [6, 6.07) is 7.29. The highest BCUT2D eigenvalue weighted by Gasteiger charge is 2.31. The van der Waals surface area contributed by atoms with Crippen LogP contribution in [0.5, 0.6) is 0 Å². The second kappa shape index (κ2) is 5.49. The molecular weight excluding hydrogens is 242 g/mol. The van der Waals surface area contributed by atoms with Crippen molar-refractivity contribution in [3.63, 3.8) is 0 Å². The van der Waals surface area contributed by atoms with Crippen molar-refractivity contribution in [1.29, 1.82) is 0 Å². The van der Waals surface area contributed by atoms with E-state index in [1.807, 2.05) is 12.1 Å². The number of benzene rings is 1. The Bertz CT molecular complexity index is 389. The molecule has 0 heterocycles. The van der Waals surface area contributed by atoms with E-state index in [0.29, 0.717) is 11.6 Å². The first kappa shape index (κ1) is 14.0. The maximum atomic E-state index is 10.8. The van der Waals surface area contributed by atoms with Crippen molar-refractivity contribution in [3.8, 4) is 0 Å². The Morgan fingerprint density at radius 2 is 1.94 bits per heavy atom. The number of halogens is 1. The average molecular weight is 258 g/mol. The fraction of sp³-hybridized carbons (Fsp3) is 0.417. The summed E-state index contributed by atoms with van der Waals surface area (Å²) < 4.78 is 0. The average Bonchev–Trinajstić information content (AvgIpc) is 2.20. The van der Waals surface area contributed by atoms with E-state index in [2.05, 4.69) is 0 Å². The van der Waals surface area contributed by atoms with Crippen molar-refractivity contribution in [2.45, 2.75) is 19.1 Å². The standard InChI is InChI=1S/C12H16ClNO3/c1-12(17,11(15)16)8-14(2)7-9-3-5-10(13)6-4-9/h3-6,17H,7-8H2,1-2H3,(H,15,16). The van der Waals surface area contributed by atoms with Crippen LogP contribution < -0.4 is 0 Å². The molecule has 0 saturated heterocycles. The van der Waals surface area contributed by atoms with Gasteiger partial charge in [0.1, 0.15) is 0 Å². The summed E-state index contributed by atoms with van der Waals surface area (Å²) in [6.07, 6.45) is 0. The third kappa shape index (κ3) is 4.34. The van der Waals surface area contributed by atoms with E-state index in [1.165, 1.54) is 6.92 Å². The van der Waals surface area contributed by atoms with E-state index in [4.69, 9.17) is 16.7 Å². The van der Waals surface area contributed by atoms with E-state index < -0.39 is 11.6 Å². The maximum absolute atomic E-state index is 10.8. The van der Waals surface area contributed by atoms with Crippen molar-refractivity contribution in [1.82, 2.24) is 4.90 Å². The summed E-state index contributed by atoms with van der Waals surface area (Å²) in [5, 5.41) is 19.1. The number of rotatable bonds is 5. The van der Waals surface area contributed by atoms with Crippen molar-refractivity contribution < 1.29 is 15.0 Å². The number of carboxylic acids is 1. The molecule has 0 saturated carbocycles. The fourth-order valence-electron chi connectivity index (χ4n) is 1.55. The predicted molar refractivity (Wildman–Crippen MR) is 66.0 cm³/mol. The lowest BCUT2D eigenvalue weighted by Crippen LogP contribution is -2.45. The molecule has 0 amide bonds. The van der Waals surface area contributed by atoms with Crippen LogP contribution in [0.3, 0.4) is 0 Å². The maximum Gasteiger partial charge on any atom is 0.336 e. The van der Waals surface area contributed by atoms with Crippen molar-refractivity contribution in [3.05, 3.63) is 34.9 Å². The van der Waals surface area contributed by atoms with E-state index in [1.54, 1.807) is 24.1 Å². The molecule has 1 unspecified atom stereocenters. The molecule has 2 N–H and O–H groups in total. The first-order chi connectivity index (χ1) is 7.81. The number of likely N-dealkylation sites (N-methyl/N-ethyl adjacent to an activating group) is 1. The Balaban J connectivity index is 2.58. The Hall–Kier alpha value is -1.10. The lowest BCUT2D eigenvalue weighted by Gasteiger charge is -2.25. The van der Waals surface area contributed by atoms with E-state index >= 15 is 0 Å². The molecule has 5 heteroatoms. The minimum absolute atomic E-state index is 0.0605. The molecule has 0 spiro atoms. The molecule has 0 aromatic heterocycles. The van der Waals surface area contributed by atoms with Crippen LogP contribution in [0, 0.1) is 0 Å². The SMILES string of the molecule is CN(Cc1ccc(Cl)cc1)CC(C)(O)C(=O)O. The number of hydrogen-bond acceptors (Lipinski definition) is 3. The van der Waals surface area contributed by atoms with Crippen molar-refractivity contribution in [2.75, 3.05) is 13.6 Å². The minimum Gasteiger partial charge on any atom is -0.479 e. The van der Waals surface area contributed by atoms with Gasteiger partial charge in [-0.05, 0) is 31.7 Å². The largest absolute Gasteiger partial charge is 0.479 e. The summed E-state index contributed by atoms with van der Waals surface area (Å²) in [5.74, 6) is -1.22. The van der Waals surface area contributed by atoms with E-state index in [-0.39, 0.29) is 6.54 Å². The normalized spacial score (nSPS) is 14.6. The summed E-state index contributed by atoms with van der Waals surface area (Å²) >= 11 is 5.76. The topological polar surface area (TPSA) is 60.8 Å². The Morgan fingerprint density at radius 1 is 1.41 bits per heavy atom. The molecule has 0 fully saturated rings. The number of carboxylic acid groups (broad SMARTS) is 1. The number of aliphatic hydroxyl groups is 1. The number of nitrogens with zero attached hydrogens (tertiary/aromatic N) is 1. The van der Waals surface area contributed by atoms with Crippen LogP contribution in [0.25, 0.3) is 0 Å². The molecule has 0 aliphatic rings. The Labute approximate surface area is 105 Å². The van der Waals surface area contributed by atoms with Gasteiger partial charge in [0.15, 0.2) is 5.60 Å². The highest BCUT2D eigenvalue weighted by atomic mass is 35.5. The van der Waals surface area contributed by atoms with Gasteiger partial charge in [-0.2, -0.15) is 0 Å². The quantitative estimate of drug-likeness (QED) is 0.841. The zero-order valence-electron chi connectivity index (χ0n) is 9.85. The van der Waals surface area contributed by atoms with E-state index in [9.17, 15) is 9.90 Å². The molecule has 94 valence electrons. The molecule has 0 aliphatic carbocycles. The fourth-order valence-corrected chi connectivity index (χ4v) is 1.68. The van der Waals surface area contributed by atoms with Crippen LogP contribution in [0.4, 0.5) is 0 Å². The molecule has 1 rings (SSSR count). The van der Waals surface area contributed by atoms with Crippen LogP contribution in [0.1, 0.15) is 12.5 Å². The summed E-state index contributed by atoms with van der Waals surface area (Å²) in [6.45, 7) is 1.90. The zero-order valence-corrected chi connectivity index (χ0v) is 10.6. The second-order valence-corrected chi connectivity index (χ2v) is 4.81. The zero-order chi connectivity index (χ0) is 13.1. The monoisotopic (exact) mass is 257 g/mol. The third-order valence-electron chi connectivity index (χ3n) is 2.40. The van der Waals surface area contributed by atoms with Gasteiger partial charge in [0.05, 0.1) is 0 Å². The molecule has 4 nitrogen and oxygen atoms in total. The molecule has 1 aromatic carbocycles. The first-order valence-electron chi connectivity index (χ1n) is 5.20. The summed E-state index contributed by atoms with van der Waals surface area (Å²) in [4.78, 5) is 12.5. The molecular formula is C12H16ClNO3. The Morgan fingerprint density at radius 3 is 2.41 bits per heavy atom. The van der Waals surface area contributed by atoms with Gasteiger partial charge in [-0.15, -0.1) is 0 Å². The van der Waals surface area contributed by atoms with Gasteiger partial charge in [0, 0.05) is 18.1 Å². The van der Waals surface area contributed by atoms with Crippen LogP contribution in [-0.4, -0.2) is 40.3 Å². The van der Waals surface area contributed by atoms with Gasteiger partial charge >= 0.3 is 5.97 Å². The summed E-state index contributed by atoms with van der Waals surface area (Å²) in [5.41, 5.74) is -0.723. The molecule has 0 aliphatic heterocycles. The van der Waals surface area contributed by atoms with Crippen LogP contribution in [-0.2, 0) is 11.3 Å². The lowest BCUT2D eigenvalue weighted by atomic mass is 10.1. The van der Waals surface area contributed by atoms with E-state index in [0.717, 1.165) is 5.56 Å². The van der Waals surface area contributed by atoms with Crippen LogP contribution in [0.2, 0.25) is 5.02 Å². The number of carbonyl (C=O) groups is 1. The molecule has 0 radical (unpaired) electrons. The lowest BCUT2D eigenvalue weighted by molar-refractivity contribution is -0.158. The second-order valence-electron chi connectivity index (χ2n) is 4.38. The van der Waals surface area contributed by atoms with Gasteiger partial charge in [-0.25, -0.2) is 4.79 Å². The van der Waals surface area contributed by atoms with Gasteiger partial charge in [-0.1, -0.05) is 23.7 Å². The van der Waals surface area contributed by atoms with Gasteiger partial charge < -0.3 is 10.2 Å². The van der Waals surface area contributed by atoms with Crippen LogP contribution >= 0.6 is 11.6 Å². The molecule has 0 bridgehead atoms. The predicted octanol–water partition coefficient (Wildman–Crippen LogP) is 1.61. The van der Waals surface area contributed by atoms with Gasteiger partial charge in [0.25, 0.3) is 0 Å². The summed E-state index contributed by atoms with van der Waals surface area (Å²) in [7, 11) is 1.76. The molecule has 1 aromatic rings. The minimum atomic E-state index is -1.73. The smallest absolute Gasteiger partial charge is 0.336 e. The Kier molecular flexibility index (Phi) is 4.51. The van der Waals surface area contributed by atoms with Crippen molar-refractivity contribution in [2.24, 2.45) is 0 Å². The van der Waals surface area contributed by atoms with Gasteiger partial charge in [-0.3, -0.25) is 4.90 Å². The highest BCUT2D eigenvalue weighted by molar-refractivity contribution is 6.30. The van der Waals surface area contributed by atoms with Crippen molar-refractivity contribution >= 4 is 17.6 Å². The van der Waals surface area contributed by atoms with Gasteiger partial charge in [0.2, 0.25) is 0 Å². The highest BCUT2D eigenvalue weighted by Crippen LogP contribution is 2.12. The van der Waals surface area contributed by atoms with Crippen LogP contribution in [0.15, 0.2) is 24.3 Å². The molecule has 17 heavy (non-hydrogen) atoms. The number of hydrogen-bond donors (Lipinski definition) is 2. The molecule has 1 atom stereocenters. The first-order valence-corrected chi connectivity index (χ1v) is 5.58. The number of aliphatic carboxylic acids is 1. The third-order valence-corrected chi connectivity index (χ3v) is 2.66.